The van der Waals surface area contributed by atoms with Gasteiger partial charge in [0, 0.05) is 49.2 Å². The molecule has 0 fully saturated rings. The van der Waals surface area contributed by atoms with E-state index in [0.29, 0.717) is 43.1 Å². The van der Waals surface area contributed by atoms with Gasteiger partial charge in [0.1, 0.15) is 23.2 Å². The number of carboxylic acid groups (broad SMARTS) is 1. The molecule has 0 saturated carbocycles. The number of carbonyl (C=O) groups excluding carboxylic acids is 2. The van der Waals surface area contributed by atoms with Gasteiger partial charge in [-0.15, -0.1) is 0 Å². The van der Waals surface area contributed by atoms with Crippen LogP contribution in [-0.2, 0) is 29.1 Å². The molecule has 0 bridgehead atoms. The molecule has 210 valence electrons. The third kappa shape index (κ3) is 6.35. The number of rotatable bonds is 8. The van der Waals surface area contributed by atoms with Crippen LogP contribution in [-0.4, -0.2) is 51.0 Å². The first-order valence-corrected chi connectivity index (χ1v) is 13.1. The number of benzene rings is 1. The lowest BCUT2D eigenvalue weighted by molar-refractivity contribution is -0.125. The van der Waals surface area contributed by atoms with Crippen LogP contribution in [0.2, 0.25) is 0 Å². The zero-order chi connectivity index (χ0) is 28.9. The van der Waals surface area contributed by atoms with Gasteiger partial charge in [-0.05, 0) is 66.8 Å². The van der Waals surface area contributed by atoms with E-state index in [1.165, 1.54) is 6.08 Å². The Morgan fingerprint density at radius 1 is 1.24 bits per heavy atom. The first-order chi connectivity index (χ1) is 19.8. The Kier molecular flexibility index (Phi) is 7.95. The molecule has 3 amide bonds. The monoisotopic (exact) mass is 554 g/mol. The van der Waals surface area contributed by atoms with E-state index < -0.39 is 18.0 Å². The van der Waals surface area contributed by atoms with E-state index in [1.807, 2.05) is 37.3 Å². The number of anilines is 2. The summed E-state index contributed by atoms with van der Waals surface area (Å²) in [6.45, 7) is 2.90. The van der Waals surface area contributed by atoms with Gasteiger partial charge in [-0.3, -0.25) is 14.6 Å². The molecule has 11 heteroatoms. The van der Waals surface area contributed by atoms with Crippen LogP contribution in [0.15, 0.2) is 65.5 Å². The molecular weight excluding hydrogens is 524 g/mol. The van der Waals surface area contributed by atoms with Gasteiger partial charge < -0.3 is 30.4 Å². The maximum atomic E-state index is 12.9. The van der Waals surface area contributed by atoms with Crippen molar-refractivity contribution in [3.63, 3.8) is 0 Å². The Hall–Kier alpha value is -5.19. The number of aryl methyl sites for hydroxylation is 2. The van der Waals surface area contributed by atoms with Gasteiger partial charge in [0.05, 0.1) is 12.2 Å². The fourth-order valence-electron chi connectivity index (χ4n) is 4.83. The van der Waals surface area contributed by atoms with Gasteiger partial charge in [0.2, 0.25) is 11.8 Å². The van der Waals surface area contributed by atoms with Crippen molar-refractivity contribution in [2.24, 2.45) is 0 Å². The molecule has 0 saturated heterocycles. The second kappa shape index (κ2) is 11.9. The standard InChI is InChI=1S/C30H30N6O5/c1-18-25(41-24-7-3-5-21(27(18)24)15-32-22-6-4-12-31-16-22)17-36(2)26(37)11-8-19-13-20-9-10-23(34-30(39)40)29(38)35-28(20)33-14-19/h3-8,11-14,16,23,32,34H,9-10,15,17H2,1-2H3,(H,39,40)(H,33,35,38)/b11-8+. The molecule has 4 heterocycles. The van der Waals surface area contributed by atoms with E-state index in [9.17, 15) is 14.4 Å². The van der Waals surface area contributed by atoms with Crippen LogP contribution in [0.25, 0.3) is 17.0 Å². The minimum atomic E-state index is -1.26. The summed E-state index contributed by atoms with van der Waals surface area (Å²) in [5, 5.41) is 18.3. The van der Waals surface area contributed by atoms with Crippen LogP contribution >= 0.6 is 0 Å². The number of amides is 3. The third-order valence-corrected chi connectivity index (χ3v) is 7.00. The summed E-state index contributed by atoms with van der Waals surface area (Å²) in [5.74, 6) is 0.444. The minimum Gasteiger partial charge on any atom is -0.465 e. The van der Waals surface area contributed by atoms with Crippen molar-refractivity contribution < 1.29 is 23.9 Å². The number of hydrogen-bond acceptors (Lipinski definition) is 7. The van der Waals surface area contributed by atoms with E-state index >= 15 is 0 Å². The number of fused-ring (bicyclic) bond motifs is 2. The number of nitrogens with zero attached hydrogens (tertiary/aromatic N) is 3. The summed E-state index contributed by atoms with van der Waals surface area (Å²) < 4.78 is 6.15. The average Bonchev–Trinajstić information content (AvgIpc) is 3.20. The van der Waals surface area contributed by atoms with Gasteiger partial charge in [0.25, 0.3) is 0 Å². The van der Waals surface area contributed by atoms with E-state index in [-0.39, 0.29) is 5.91 Å². The topological polar surface area (TPSA) is 150 Å². The molecule has 0 aliphatic carbocycles. The van der Waals surface area contributed by atoms with Crippen LogP contribution in [0, 0.1) is 6.92 Å². The SMILES string of the molecule is Cc1c(CN(C)C(=O)/C=C/c2cnc3c(c2)CCC(NC(=O)O)C(=O)N3)oc2cccc(CNc3cccnc3)c12. The number of furan rings is 1. The molecule has 41 heavy (non-hydrogen) atoms. The minimum absolute atomic E-state index is 0.211. The Morgan fingerprint density at radius 2 is 2.10 bits per heavy atom. The molecule has 4 N–H and O–H groups in total. The fraction of sp³-hybridized carbons (Fsp3) is 0.233. The van der Waals surface area contributed by atoms with Crippen molar-refractivity contribution in [2.45, 2.75) is 38.9 Å². The fourth-order valence-corrected chi connectivity index (χ4v) is 4.83. The Balaban J connectivity index is 1.25. The Labute approximate surface area is 236 Å². The summed E-state index contributed by atoms with van der Waals surface area (Å²) in [4.78, 5) is 46.2. The van der Waals surface area contributed by atoms with Gasteiger partial charge in [-0.1, -0.05) is 12.1 Å². The lowest BCUT2D eigenvalue weighted by atomic mass is 10.1. The molecule has 3 aromatic heterocycles. The molecule has 1 atom stereocenters. The summed E-state index contributed by atoms with van der Waals surface area (Å²) >= 11 is 0. The summed E-state index contributed by atoms with van der Waals surface area (Å²) in [6, 6.07) is 10.8. The molecule has 11 nitrogen and oxygen atoms in total. The molecule has 1 aromatic carbocycles. The van der Waals surface area contributed by atoms with Crippen LogP contribution < -0.4 is 16.0 Å². The number of aromatic nitrogens is 2. The zero-order valence-electron chi connectivity index (χ0n) is 22.7. The first kappa shape index (κ1) is 27.4. The predicted molar refractivity (Wildman–Crippen MR) is 154 cm³/mol. The predicted octanol–water partition coefficient (Wildman–Crippen LogP) is 4.34. The quantitative estimate of drug-likeness (QED) is 0.235. The number of nitrogens with one attached hydrogen (secondary N) is 3. The van der Waals surface area contributed by atoms with Gasteiger partial charge in [0.15, 0.2) is 0 Å². The van der Waals surface area contributed by atoms with E-state index in [2.05, 4.69) is 32.0 Å². The molecule has 0 radical (unpaired) electrons. The van der Waals surface area contributed by atoms with E-state index in [4.69, 9.17) is 9.52 Å². The summed E-state index contributed by atoms with van der Waals surface area (Å²) in [6.07, 6.45) is 7.69. The van der Waals surface area contributed by atoms with Crippen molar-refractivity contribution in [3.05, 3.63) is 89.1 Å². The van der Waals surface area contributed by atoms with Crippen LogP contribution in [0.5, 0.6) is 0 Å². The Bertz CT molecular complexity index is 1630. The van der Waals surface area contributed by atoms with Crippen LogP contribution in [0.4, 0.5) is 16.3 Å². The summed E-state index contributed by atoms with van der Waals surface area (Å²) in [5.41, 5.74) is 5.22. The largest absolute Gasteiger partial charge is 0.465 e. The van der Waals surface area contributed by atoms with E-state index in [1.54, 1.807) is 36.6 Å². The van der Waals surface area contributed by atoms with Gasteiger partial charge in [-0.2, -0.15) is 0 Å². The lowest BCUT2D eigenvalue weighted by Gasteiger charge is -2.14. The highest BCUT2D eigenvalue weighted by Crippen LogP contribution is 2.30. The van der Waals surface area contributed by atoms with E-state index in [0.717, 1.165) is 33.3 Å². The highest BCUT2D eigenvalue weighted by molar-refractivity contribution is 5.97. The number of likely N-dealkylation sites (N-methyl/N-ethyl adjacent to an activating group) is 1. The smallest absolute Gasteiger partial charge is 0.405 e. The second-order valence-electron chi connectivity index (χ2n) is 9.87. The maximum absolute atomic E-state index is 12.9. The van der Waals surface area contributed by atoms with Gasteiger partial charge >= 0.3 is 6.09 Å². The summed E-state index contributed by atoms with van der Waals surface area (Å²) in [7, 11) is 1.71. The molecule has 1 aliphatic rings. The second-order valence-corrected chi connectivity index (χ2v) is 9.87. The molecule has 1 aliphatic heterocycles. The maximum Gasteiger partial charge on any atom is 0.405 e. The molecule has 4 aromatic rings. The molecule has 5 rings (SSSR count). The van der Waals surface area contributed by atoms with Crippen molar-refractivity contribution in [1.82, 2.24) is 20.2 Å². The number of pyridine rings is 2. The zero-order valence-corrected chi connectivity index (χ0v) is 22.7. The van der Waals surface area contributed by atoms with Crippen molar-refractivity contribution in [1.29, 1.82) is 0 Å². The number of hydrogen-bond donors (Lipinski definition) is 4. The number of carbonyl (C=O) groups is 3. The van der Waals surface area contributed by atoms with Crippen molar-refractivity contribution in [3.8, 4) is 0 Å². The van der Waals surface area contributed by atoms with Crippen molar-refractivity contribution >= 4 is 46.5 Å². The highest BCUT2D eigenvalue weighted by atomic mass is 16.4. The highest BCUT2D eigenvalue weighted by Gasteiger charge is 2.25. The lowest BCUT2D eigenvalue weighted by Crippen LogP contribution is -2.42. The van der Waals surface area contributed by atoms with Crippen LogP contribution in [0.1, 0.15) is 34.4 Å². The van der Waals surface area contributed by atoms with Crippen molar-refractivity contribution in [2.75, 3.05) is 17.7 Å². The normalized spacial score (nSPS) is 14.8. The molecule has 0 spiro atoms. The van der Waals surface area contributed by atoms with Crippen LogP contribution in [0.3, 0.4) is 0 Å². The first-order valence-electron chi connectivity index (χ1n) is 13.1. The molecule has 1 unspecified atom stereocenters. The van der Waals surface area contributed by atoms with Gasteiger partial charge in [-0.25, -0.2) is 9.78 Å². The molecular formula is C30H30N6O5. The Morgan fingerprint density at radius 3 is 2.88 bits per heavy atom. The average molecular weight is 555 g/mol. The third-order valence-electron chi connectivity index (χ3n) is 7.00.